The van der Waals surface area contributed by atoms with E-state index in [1.165, 1.54) is 12.5 Å². The maximum atomic E-state index is 12.2. The van der Waals surface area contributed by atoms with Crippen molar-refractivity contribution in [2.24, 2.45) is 5.41 Å². The van der Waals surface area contributed by atoms with Crippen LogP contribution >= 0.6 is 10.7 Å². The minimum Gasteiger partial charge on any atom is -0.351 e. The highest BCUT2D eigenvalue weighted by Crippen LogP contribution is 2.39. The van der Waals surface area contributed by atoms with Gasteiger partial charge in [-0.2, -0.15) is 0 Å². The van der Waals surface area contributed by atoms with Crippen molar-refractivity contribution in [3.05, 3.63) is 28.8 Å². The fraction of sp³-hybridized carbons (Fsp3) is 0.533. The molecular formula is C15H20ClNO3S. The number of carbonyl (C=O) groups excluding carboxylic acids is 1. The average Bonchev–Trinajstić information content (AvgIpc) is 2.35. The summed E-state index contributed by atoms with van der Waals surface area (Å²) in [5.74, 6) is -0.257. The van der Waals surface area contributed by atoms with Gasteiger partial charge in [-0.05, 0) is 55.4 Å². The molecular weight excluding hydrogens is 310 g/mol. The second-order valence-electron chi connectivity index (χ2n) is 6.20. The first-order valence-electron chi connectivity index (χ1n) is 6.96. The molecule has 2 rings (SSSR count). The first-order valence-corrected chi connectivity index (χ1v) is 9.27. The topological polar surface area (TPSA) is 63.2 Å². The molecule has 1 saturated carbocycles. The van der Waals surface area contributed by atoms with Crippen molar-refractivity contribution in [2.75, 3.05) is 6.54 Å². The van der Waals surface area contributed by atoms with E-state index in [-0.39, 0.29) is 16.2 Å². The average molecular weight is 330 g/mol. The van der Waals surface area contributed by atoms with Crippen molar-refractivity contribution in [2.45, 2.75) is 44.9 Å². The lowest BCUT2D eigenvalue weighted by Crippen LogP contribution is -2.40. The zero-order valence-electron chi connectivity index (χ0n) is 12.5. The van der Waals surface area contributed by atoms with Gasteiger partial charge >= 0.3 is 0 Å². The summed E-state index contributed by atoms with van der Waals surface area (Å²) in [6, 6.07) is 3.04. The number of hydrogen-bond donors (Lipinski definition) is 1. The Balaban J connectivity index is 2.23. The third-order valence-corrected chi connectivity index (χ3v) is 5.83. The molecule has 1 fully saturated rings. The van der Waals surface area contributed by atoms with Crippen LogP contribution in [0.25, 0.3) is 0 Å². The molecule has 0 atom stereocenters. The number of nitrogens with one attached hydrogen (secondary N) is 1. The van der Waals surface area contributed by atoms with Gasteiger partial charge in [-0.1, -0.05) is 13.3 Å². The van der Waals surface area contributed by atoms with Crippen LogP contribution in [0, 0.1) is 19.3 Å². The summed E-state index contributed by atoms with van der Waals surface area (Å²) in [5.41, 5.74) is 1.82. The van der Waals surface area contributed by atoms with Crippen LogP contribution in [0.1, 0.15) is 47.7 Å². The predicted molar refractivity (Wildman–Crippen MR) is 83.2 cm³/mol. The van der Waals surface area contributed by atoms with Crippen LogP contribution < -0.4 is 5.32 Å². The number of amides is 1. The third kappa shape index (κ3) is 3.58. The third-order valence-electron chi connectivity index (χ3n) is 4.38. The highest BCUT2D eigenvalue weighted by Gasteiger charge is 2.32. The summed E-state index contributed by atoms with van der Waals surface area (Å²) in [7, 11) is 1.58. The summed E-state index contributed by atoms with van der Waals surface area (Å²) >= 11 is 0. The van der Waals surface area contributed by atoms with Crippen LogP contribution in [-0.2, 0) is 9.05 Å². The molecule has 1 aliphatic rings. The Hall–Kier alpha value is -1.07. The first kappa shape index (κ1) is 16.3. The minimum atomic E-state index is -3.86. The molecule has 0 aliphatic heterocycles. The van der Waals surface area contributed by atoms with E-state index in [0.29, 0.717) is 17.7 Å². The summed E-state index contributed by atoms with van der Waals surface area (Å²) in [4.78, 5) is 12.2. The standard InChI is InChI=1S/C15H20ClNO3S/c1-10-7-12(8-13(11(10)2)21(16,19)20)14(18)17-9-15(3)5-4-6-15/h7-8H,4-6,9H2,1-3H3,(H,17,18). The second kappa shape index (κ2) is 5.61. The Morgan fingerprint density at radius 3 is 2.43 bits per heavy atom. The van der Waals surface area contributed by atoms with Gasteiger partial charge in [0.15, 0.2) is 0 Å². The molecule has 0 unspecified atom stereocenters. The number of carbonyl (C=O) groups is 1. The van der Waals surface area contributed by atoms with E-state index in [1.54, 1.807) is 19.9 Å². The maximum absolute atomic E-state index is 12.2. The van der Waals surface area contributed by atoms with Crippen molar-refractivity contribution >= 4 is 25.6 Å². The monoisotopic (exact) mass is 329 g/mol. The summed E-state index contributed by atoms with van der Waals surface area (Å²) in [6.45, 7) is 6.21. The molecule has 1 aromatic carbocycles. The summed E-state index contributed by atoms with van der Waals surface area (Å²) in [6.07, 6.45) is 3.42. The number of hydrogen-bond acceptors (Lipinski definition) is 3. The minimum absolute atomic E-state index is 0.00386. The largest absolute Gasteiger partial charge is 0.351 e. The van der Waals surface area contributed by atoms with Crippen molar-refractivity contribution in [3.63, 3.8) is 0 Å². The normalized spacial score (nSPS) is 17.1. The molecule has 0 bridgehead atoms. The van der Waals surface area contributed by atoms with Crippen molar-refractivity contribution in [1.82, 2.24) is 5.32 Å². The quantitative estimate of drug-likeness (QED) is 0.863. The maximum Gasteiger partial charge on any atom is 0.261 e. The van der Waals surface area contributed by atoms with Crippen LogP contribution in [-0.4, -0.2) is 20.9 Å². The molecule has 0 aromatic heterocycles. The van der Waals surface area contributed by atoms with Gasteiger partial charge in [-0.3, -0.25) is 4.79 Å². The Labute approximate surface area is 130 Å². The van der Waals surface area contributed by atoms with Gasteiger partial charge in [0.2, 0.25) is 0 Å². The molecule has 6 heteroatoms. The Bertz CT molecular complexity index is 678. The smallest absolute Gasteiger partial charge is 0.261 e. The van der Waals surface area contributed by atoms with Gasteiger partial charge in [0.25, 0.3) is 15.0 Å². The van der Waals surface area contributed by atoms with E-state index in [4.69, 9.17) is 10.7 Å². The first-order chi connectivity index (χ1) is 9.62. The zero-order valence-corrected chi connectivity index (χ0v) is 14.1. The molecule has 116 valence electrons. The van der Waals surface area contributed by atoms with Crippen LogP contribution in [0.3, 0.4) is 0 Å². The molecule has 1 N–H and O–H groups in total. The molecule has 1 amide bonds. The van der Waals surface area contributed by atoms with E-state index >= 15 is 0 Å². The molecule has 0 saturated heterocycles. The molecule has 0 heterocycles. The number of aryl methyl sites for hydroxylation is 1. The van der Waals surface area contributed by atoms with E-state index in [2.05, 4.69) is 12.2 Å². The van der Waals surface area contributed by atoms with Crippen molar-refractivity contribution in [3.8, 4) is 0 Å². The Morgan fingerprint density at radius 2 is 1.95 bits per heavy atom. The number of benzene rings is 1. The van der Waals surface area contributed by atoms with Crippen LogP contribution in [0.4, 0.5) is 0 Å². The highest BCUT2D eigenvalue weighted by atomic mass is 35.7. The van der Waals surface area contributed by atoms with Crippen molar-refractivity contribution in [1.29, 1.82) is 0 Å². The lowest BCUT2D eigenvalue weighted by Gasteiger charge is -2.38. The predicted octanol–water partition coefficient (Wildman–Crippen LogP) is 3.15. The SMILES string of the molecule is Cc1cc(C(=O)NCC2(C)CCC2)cc(S(=O)(=O)Cl)c1C. The van der Waals surface area contributed by atoms with Gasteiger partial charge in [0.1, 0.15) is 0 Å². The van der Waals surface area contributed by atoms with E-state index < -0.39 is 9.05 Å². The fourth-order valence-electron chi connectivity index (χ4n) is 2.56. The van der Waals surface area contributed by atoms with Gasteiger partial charge in [-0.15, -0.1) is 0 Å². The van der Waals surface area contributed by atoms with Gasteiger partial charge in [0.05, 0.1) is 4.90 Å². The van der Waals surface area contributed by atoms with E-state index in [1.807, 2.05) is 0 Å². The second-order valence-corrected chi connectivity index (χ2v) is 8.74. The van der Waals surface area contributed by atoms with Gasteiger partial charge in [0, 0.05) is 22.8 Å². The summed E-state index contributed by atoms with van der Waals surface area (Å²) < 4.78 is 23.2. The number of rotatable bonds is 4. The van der Waals surface area contributed by atoms with E-state index in [0.717, 1.165) is 18.4 Å². The fourth-order valence-corrected chi connectivity index (χ4v) is 3.84. The molecule has 4 nitrogen and oxygen atoms in total. The molecule has 21 heavy (non-hydrogen) atoms. The Kier molecular flexibility index (Phi) is 4.36. The van der Waals surface area contributed by atoms with Crippen molar-refractivity contribution < 1.29 is 13.2 Å². The van der Waals surface area contributed by atoms with Crippen LogP contribution in [0.2, 0.25) is 0 Å². The number of halogens is 1. The van der Waals surface area contributed by atoms with Crippen LogP contribution in [0.15, 0.2) is 17.0 Å². The van der Waals surface area contributed by atoms with Gasteiger partial charge < -0.3 is 5.32 Å². The van der Waals surface area contributed by atoms with Gasteiger partial charge in [-0.25, -0.2) is 8.42 Å². The van der Waals surface area contributed by atoms with E-state index in [9.17, 15) is 13.2 Å². The molecule has 1 aliphatic carbocycles. The molecule has 0 radical (unpaired) electrons. The lowest BCUT2D eigenvalue weighted by molar-refractivity contribution is 0.0890. The molecule has 0 spiro atoms. The zero-order chi connectivity index (χ0) is 15.8. The summed E-state index contributed by atoms with van der Waals surface area (Å²) in [5, 5.41) is 2.89. The highest BCUT2D eigenvalue weighted by molar-refractivity contribution is 8.13. The molecule has 1 aromatic rings. The van der Waals surface area contributed by atoms with Crippen LogP contribution in [0.5, 0.6) is 0 Å². The Morgan fingerprint density at radius 1 is 1.33 bits per heavy atom. The lowest BCUT2D eigenvalue weighted by atomic mass is 9.70.